The van der Waals surface area contributed by atoms with E-state index in [1.807, 2.05) is 6.07 Å². The molecule has 17 heavy (non-hydrogen) atoms. The number of rotatable bonds is 2. The van der Waals surface area contributed by atoms with Crippen LogP contribution in [-0.2, 0) is 6.54 Å². The summed E-state index contributed by atoms with van der Waals surface area (Å²) in [5.74, 6) is 0.521. The summed E-state index contributed by atoms with van der Waals surface area (Å²) < 4.78 is 2.54. The van der Waals surface area contributed by atoms with Gasteiger partial charge in [0.05, 0.1) is 11.8 Å². The highest BCUT2D eigenvalue weighted by Gasteiger charge is 2.11. The fourth-order valence-corrected chi connectivity index (χ4v) is 1.78. The standard InChI is InChI=1S/C11H9ClN4O/c1-8-14-15(6-5-13)11(17)16(8)10-4-2-3-9(12)7-10/h2-4,7H,6H2,1H3. The van der Waals surface area contributed by atoms with Gasteiger partial charge in [-0.3, -0.25) is 0 Å². The summed E-state index contributed by atoms with van der Waals surface area (Å²) in [5.41, 5.74) is 0.301. The van der Waals surface area contributed by atoms with Gasteiger partial charge in [-0.05, 0) is 25.1 Å². The number of aryl methyl sites for hydroxylation is 1. The number of hydrogen-bond donors (Lipinski definition) is 0. The molecule has 0 radical (unpaired) electrons. The van der Waals surface area contributed by atoms with Crippen molar-refractivity contribution in [3.63, 3.8) is 0 Å². The minimum absolute atomic E-state index is 0.0623. The Bertz CT molecular complexity index is 650. The van der Waals surface area contributed by atoms with E-state index in [0.29, 0.717) is 16.5 Å². The third kappa shape index (κ3) is 2.08. The van der Waals surface area contributed by atoms with Crippen LogP contribution in [-0.4, -0.2) is 14.3 Å². The zero-order chi connectivity index (χ0) is 12.4. The van der Waals surface area contributed by atoms with Crippen molar-refractivity contribution in [3.8, 4) is 11.8 Å². The number of hydrogen-bond acceptors (Lipinski definition) is 3. The van der Waals surface area contributed by atoms with Gasteiger partial charge in [0.2, 0.25) is 0 Å². The average molecular weight is 249 g/mol. The van der Waals surface area contributed by atoms with E-state index in [9.17, 15) is 4.79 Å². The molecule has 0 amide bonds. The predicted octanol–water partition coefficient (Wildman–Crippen LogP) is 1.52. The Kier molecular flexibility index (Phi) is 2.98. The smallest absolute Gasteiger partial charge is 0.247 e. The van der Waals surface area contributed by atoms with Crippen LogP contribution in [0.2, 0.25) is 5.02 Å². The molecule has 5 nitrogen and oxygen atoms in total. The zero-order valence-corrected chi connectivity index (χ0v) is 9.85. The van der Waals surface area contributed by atoms with E-state index in [1.54, 1.807) is 31.2 Å². The second-order valence-electron chi connectivity index (χ2n) is 3.46. The van der Waals surface area contributed by atoms with Crippen LogP contribution in [0.5, 0.6) is 0 Å². The van der Waals surface area contributed by atoms with Crippen LogP contribution in [0.3, 0.4) is 0 Å². The Hall–Kier alpha value is -2.06. The third-order valence-electron chi connectivity index (χ3n) is 2.29. The van der Waals surface area contributed by atoms with Gasteiger partial charge in [0.15, 0.2) is 0 Å². The predicted molar refractivity (Wildman–Crippen MR) is 63.2 cm³/mol. The maximum absolute atomic E-state index is 12.0. The first kappa shape index (κ1) is 11.4. The van der Waals surface area contributed by atoms with Crippen molar-refractivity contribution < 1.29 is 0 Å². The van der Waals surface area contributed by atoms with Crippen LogP contribution in [0, 0.1) is 18.3 Å². The molecule has 0 saturated heterocycles. The summed E-state index contributed by atoms with van der Waals surface area (Å²) in [4.78, 5) is 12.0. The van der Waals surface area contributed by atoms with Gasteiger partial charge in [0.1, 0.15) is 12.4 Å². The van der Waals surface area contributed by atoms with E-state index < -0.39 is 0 Å². The Balaban J connectivity index is 2.61. The van der Waals surface area contributed by atoms with Crippen LogP contribution in [0.15, 0.2) is 29.1 Å². The second-order valence-corrected chi connectivity index (χ2v) is 3.90. The molecule has 0 spiro atoms. The number of nitrogens with zero attached hydrogens (tertiary/aromatic N) is 4. The molecule has 1 heterocycles. The molecule has 0 N–H and O–H groups in total. The van der Waals surface area contributed by atoms with Gasteiger partial charge in [-0.1, -0.05) is 17.7 Å². The van der Waals surface area contributed by atoms with Crippen LogP contribution in [0.4, 0.5) is 0 Å². The maximum atomic E-state index is 12.0. The van der Waals surface area contributed by atoms with Crippen molar-refractivity contribution in [3.05, 3.63) is 45.6 Å². The fourth-order valence-electron chi connectivity index (χ4n) is 1.60. The van der Waals surface area contributed by atoms with Gasteiger partial charge in [0.25, 0.3) is 0 Å². The Morgan fingerprint density at radius 1 is 1.53 bits per heavy atom. The first-order chi connectivity index (χ1) is 8.13. The highest BCUT2D eigenvalue weighted by molar-refractivity contribution is 6.30. The van der Waals surface area contributed by atoms with Gasteiger partial charge >= 0.3 is 5.69 Å². The van der Waals surface area contributed by atoms with Gasteiger partial charge in [-0.15, -0.1) is 0 Å². The summed E-state index contributed by atoms with van der Waals surface area (Å²) in [6.07, 6.45) is 0. The van der Waals surface area contributed by atoms with Crippen LogP contribution >= 0.6 is 11.6 Å². The molecule has 0 aliphatic carbocycles. The first-order valence-electron chi connectivity index (χ1n) is 4.93. The minimum atomic E-state index is -0.341. The molecule has 0 saturated carbocycles. The van der Waals surface area contributed by atoms with Crippen LogP contribution in [0.25, 0.3) is 5.69 Å². The van der Waals surface area contributed by atoms with Crippen molar-refractivity contribution in [1.29, 1.82) is 5.26 Å². The minimum Gasteiger partial charge on any atom is -0.247 e. The first-order valence-corrected chi connectivity index (χ1v) is 5.30. The lowest BCUT2D eigenvalue weighted by Crippen LogP contribution is -2.23. The third-order valence-corrected chi connectivity index (χ3v) is 2.52. The number of nitriles is 1. The van der Waals surface area contributed by atoms with E-state index in [1.165, 1.54) is 4.57 Å². The molecule has 0 aliphatic rings. The number of aromatic nitrogens is 3. The summed E-state index contributed by atoms with van der Waals surface area (Å²) in [6.45, 7) is 1.64. The van der Waals surface area contributed by atoms with Crippen LogP contribution in [0.1, 0.15) is 5.82 Å². The molecular weight excluding hydrogens is 240 g/mol. The monoisotopic (exact) mass is 248 g/mol. The zero-order valence-electron chi connectivity index (χ0n) is 9.09. The largest absolute Gasteiger partial charge is 0.351 e. The lowest BCUT2D eigenvalue weighted by Gasteiger charge is -2.02. The highest BCUT2D eigenvalue weighted by Crippen LogP contribution is 2.14. The van der Waals surface area contributed by atoms with E-state index in [4.69, 9.17) is 16.9 Å². The normalized spacial score (nSPS) is 10.2. The molecule has 6 heteroatoms. The molecule has 0 bridgehead atoms. The molecule has 0 fully saturated rings. The van der Waals surface area contributed by atoms with Crippen molar-refractivity contribution in [1.82, 2.24) is 14.3 Å². The quantitative estimate of drug-likeness (QED) is 0.809. The lowest BCUT2D eigenvalue weighted by atomic mass is 10.3. The van der Waals surface area contributed by atoms with E-state index in [-0.39, 0.29) is 12.2 Å². The van der Waals surface area contributed by atoms with Crippen LogP contribution < -0.4 is 5.69 Å². The molecule has 0 unspecified atom stereocenters. The van der Waals surface area contributed by atoms with Crippen molar-refractivity contribution in [2.45, 2.75) is 13.5 Å². The van der Waals surface area contributed by atoms with E-state index >= 15 is 0 Å². The van der Waals surface area contributed by atoms with Gasteiger partial charge in [0, 0.05) is 5.02 Å². The fraction of sp³-hybridized carbons (Fsp3) is 0.182. The molecule has 1 aromatic carbocycles. The Labute approximate surface area is 102 Å². The maximum Gasteiger partial charge on any atom is 0.351 e. The second kappa shape index (κ2) is 4.44. The van der Waals surface area contributed by atoms with Crippen molar-refractivity contribution >= 4 is 11.6 Å². The topological polar surface area (TPSA) is 63.6 Å². The Morgan fingerprint density at radius 3 is 2.94 bits per heavy atom. The van der Waals surface area contributed by atoms with Gasteiger partial charge < -0.3 is 0 Å². The lowest BCUT2D eigenvalue weighted by molar-refractivity contribution is 0.671. The average Bonchev–Trinajstić information content (AvgIpc) is 2.55. The molecular formula is C11H9ClN4O. The summed E-state index contributed by atoms with van der Waals surface area (Å²) in [5, 5.41) is 13.1. The van der Waals surface area contributed by atoms with Crippen molar-refractivity contribution in [2.75, 3.05) is 0 Å². The molecule has 2 aromatic rings. The van der Waals surface area contributed by atoms with Gasteiger partial charge in [-0.25, -0.2) is 9.36 Å². The van der Waals surface area contributed by atoms with Gasteiger partial charge in [-0.2, -0.15) is 15.0 Å². The summed E-state index contributed by atoms with van der Waals surface area (Å²) in [6, 6.07) is 8.81. The molecule has 2 rings (SSSR count). The highest BCUT2D eigenvalue weighted by atomic mass is 35.5. The Morgan fingerprint density at radius 2 is 2.29 bits per heavy atom. The molecule has 1 aromatic heterocycles. The SMILES string of the molecule is Cc1nn(CC#N)c(=O)n1-c1cccc(Cl)c1. The summed E-state index contributed by atoms with van der Waals surface area (Å²) >= 11 is 5.87. The summed E-state index contributed by atoms with van der Waals surface area (Å²) in [7, 11) is 0. The number of halogens is 1. The molecule has 0 aliphatic heterocycles. The molecule has 0 atom stereocenters. The van der Waals surface area contributed by atoms with E-state index in [0.717, 1.165) is 4.68 Å². The van der Waals surface area contributed by atoms with Crippen molar-refractivity contribution in [2.24, 2.45) is 0 Å². The molecule has 86 valence electrons. The number of benzene rings is 1. The van der Waals surface area contributed by atoms with E-state index in [2.05, 4.69) is 5.10 Å².